The Balaban J connectivity index is 1.83. The topological polar surface area (TPSA) is 97.3 Å². The van der Waals surface area contributed by atoms with Crippen molar-refractivity contribution in [3.63, 3.8) is 0 Å². The summed E-state index contributed by atoms with van der Waals surface area (Å²) in [5.41, 5.74) is 0.847. The lowest BCUT2D eigenvalue weighted by molar-refractivity contribution is -0.139. The Labute approximate surface area is 222 Å². The number of carbonyl (C=O) groups is 3. The minimum Gasteiger partial charge on any atom is -0.465 e. The van der Waals surface area contributed by atoms with Gasteiger partial charge in [0, 0.05) is 11.6 Å². The fourth-order valence-electron chi connectivity index (χ4n) is 5.86. The second-order valence-electron chi connectivity index (χ2n) is 9.72. The van der Waals surface area contributed by atoms with Crippen molar-refractivity contribution in [3.05, 3.63) is 83.1 Å². The molecule has 1 N–H and O–H groups in total. The van der Waals surface area contributed by atoms with Crippen LogP contribution in [-0.4, -0.2) is 43.8 Å². The molecule has 2 aromatic rings. The Bertz CT molecular complexity index is 1360. The minimum absolute atomic E-state index is 0.0154. The molecule has 8 heteroatoms. The van der Waals surface area contributed by atoms with Gasteiger partial charge < -0.3 is 14.8 Å². The van der Waals surface area contributed by atoms with E-state index in [-0.39, 0.29) is 23.1 Å². The summed E-state index contributed by atoms with van der Waals surface area (Å²) in [6, 6.07) is 18.3. The molecule has 1 unspecified atom stereocenters. The van der Waals surface area contributed by atoms with E-state index in [0.717, 1.165) is 32.1 Å². The van der Waals surface area contributed by atoms with Crippen LogP contribution in [0.3, 0.4) is 0 Å². The third-order valence-electron chi connectivity index (χ3n) is 7.60. The van der Waals surface area contributed by atoms with Crippen molar-refractivity contribution in [1.29, 1.82) is 0 Å². The predicted octanol–water partition coefficient (Wildman–Crippen LogP) is 4.39. The van der Waals surface area contributed by atoms with E-state index in [0.29, 0.717) is 28.2 Å². The van der Waals surface area contributed by atoms with Crippen molar-refractivity contribution in [1.82, 2.24) is 5.32 Å². The average molecular weight is 514 g/mol. The van der Waals surface area contributed by atoms with E-state index in [9.17, 15) is 14.4 Å². The summed E-state index contributed by atoms with van der Waals surface area (Å²) >= 11 is 0. The molecule has 8 nitrogen and oxygen atoms in total. The summed E-state index contributed by atoms with van der Waals surface area (Å²) in [6.45, 7) is 1.77. The van der Waals surface area contributed by atoms with E-state index in [1.165, 1.54) is 19.2 Å². The second-order valence-corrected chi connectivity index (χ2v) is 9.72. The fraction of sp³-hybridized carbons (Fsp3) is 0.333. The first-order valence-corrected chi connectivity index (χ1v) is 12.9. The number of nitrogens with zero attached hydrogens (tertiary/aromatic N) is 2. The maximum atomic E-state index is 14.7. The molecule has 1 fully saturated rings. The van der Waals surface area contributed by atoms with Crippen LogP contribution in [0.15, 0.2) is 82.6 Å². The van der Waals surface area contributed by atoms with Crippen molar-refractivity contribution < 1.29 is 23.9 Å². The Kier molecular flexibility index (Phi) is 6.89. The van der Waals surface area contributed by atoms with Gasteiger partial charge in [-0.2, -0.15) is 10.1 Å². The Morgan fingerprint density at radius 1 is 0.895 bits per heavy atom. The number of carbonyl (C=O) groups excluding carboxylic acids is 3. The van der Waals surface area contributed by atoms with Gasteiger partial charge >= 0.3 is 11.9 Å². The van der Waals surface area contributed by atoms with Gasteiger partial charge in [0.05, 0.1) is 42.5 Å². The van der Waals surface area contributed by atoms with Gasteiger partial charge in [-0.1, -0.05) is 67.8 Å². The number of nitrogens with one attached hydrogen (secondary N) is 1. The lowest BCUT2D eigenvalue weighted by atomic mass is 9.72. The lowest BCUT2D eigenvalue weighted by Gasteiger charge is -2.34. The molecule has 3 aliphatic rings. The van der Waals surface area contributed by atoms with E-state index in [2.05, 4.69) is 5.32 Å². The summed E-state index contributed by atoms with van der Waals surface area (Å²) in [7, 11) is 2.53. The molecule has 38 heavy (non-hydrogen) atoms. The largest absolute Gasteiger partial charge is 0.465 e. The van der Waals surface area contributed by atoms with Crippen LogP contribution in [0.25, 0.3) is 5.57 Å². The van der Waals surface area contributed by atoms with Crippen molar-refractivity contribution in [2.24, 2.45) is 10.5 Å². The number of rotatable bonds is 6. The van der Waals surface area contributed by atoms with Crippen molar-refractivity contribution in [3.8, 4) is 0 Å². The predicted molar refractivity (Wildman–Crippen MR) is 144 cm³/mol. The molecule has 196 valence electrons. The number of para-hydroxylation sites is 1. The standard InChI is InChI=1S/C30H31N3O5/c1-19-30(29(36)33(32-19)22-17-11-6-12-18-22)25(20-13-7-4-8-14-20)23(27(34)37-2)24(28(35)38-3)26(30)31-21-15-9-5-10-16-21/h4,6-8,11-14,17-18,21,31H,5,9-10,15-16H2,1-3H3. The van der Waals surface area contributed by atoms with E-state index in [4.69, 9.17) is 14.6 Å². The first-order valence-electron chi connectivity index (χ1n) is 12.9. The Morgan fingerprint density at radius 2 is 1.47 bits per heavy atom. The first kappa shape index (κ1) is 25.4. The zero-order chi connectivity index (χ0) is 26.9. The van der Waals surface area contributed by atoms with Crippen LogP contribution < -0.4 is 10.3 Å². The van der Waals surface area contributed by atoms with Crippen LogP contribution in [-0.2, 0) is 23.9 Å². The molecule has 0 bridgehead atoms. The van der Waals surface area contributed by atoms with Crippen LogP contribution in [0, 0.1) is 5.41 Å². The highest BCUT2D eigenvalue weighted by atomic mass is 16.5. The summed E-state index contributed by atoms with van der Waals surface area (Å²) in [4.78, 5) is 41.6. The van der Waals surface area contributed by atoms with E-state index in [1.807, 2.05) is 48.5 Å². The van der Waals surface area contributed by atoms with Crippen LogP contribution in [0.4, 0.5) is 5.69 Å². The number of methoxy groups -OCH3 is 2. The number of hydrogen-bond acceptors (Lipinski definition) is 7. The highest BCUT2D eigenvalue weighted by Crippen LogP contribution is 2.56. The number of hydrogen-bond donors (Lipinski definition) is 1. The molecule has 0 aromatic heterocycles. The van der Waals surface area contributed by atoms with Crippen molar-refractivity contribution in [2.45, 2.75) is 45.1 Å². The Hall–Kier alpha value is -4.20. The third-order valence-corrected chi connectivity index (χ3v) is 7.60. The maximum absolute atomic E-state index is 14.7. The third kappa shape index (κ3) is 3.91. The molecule has 1 saturated carbocycles. The number of ether oxygens (including phenoxy) is 2. The molecular formula is C30H31N3O5. The number of esters is 2. The van der Waals surface area contributed by atoms with E-state index >= 15 is 0 Å². The van der Waals surface area contributed by atoms with Crippen LogP contribution in [0.1, 0.15) is 44.6 Å². The summed E-state index contributed by atoms with van der Waals surface area (Å²) < 4.78 is 10.4. The molecule has 2 aliphatic carbocycles. The normalized spacial score (nSPS) is 21.7. The number of hydrazone groups is 1. The van der Waals surface area contributed by atoms with Crippen LogP contribution >= 0.6 is 0 Å². The molecule has 1 aliphatic heterocycles. The fourth-order valence-corrected chi connectivity index (χ4v) is 5.86. The molecule has 0 radical (unpaired) electrons. The van der Waals surface area contributed by atoms with Gasteiger partial charge in [-0.3, -0.25) is 4.79 Å². The number of anilines is 1. The average Bonchev–Trinajstić information content (AvgIpc) is 3.41. The zero-order valence-corrected chi connectivity index (χ0v) is 21.8. The summed E-state index contributed by atoms with van der Waals surface area (Å²) in [5, 5.41) is 9.64. The molecule has 1 atom stereocenters. The molecule has 1 amide bonds. The summed E-state index contributed by atoms with van der Waals surface area (Å²) in [6.07, 6.45) is 4.97. The van der Waals surface area contributed by atoms with Crippen LogP contribution in [0.2, 0.25) is 0 Å². The second kappa shape index (κ2) is 10.3. The molecule has 1 spiro atoms. The minimum atomic E-state index is -1.54. The number of amides is 1. The molecule has 0 saturated heterocycles. The van der Waals surface area contributed by atoms with E-state index in [1.54, 1.807) is 19.1 Å². The van der Waals surface area contributed by atoms with Gasteiger partial charge in [0.15, 0.2) is 5.41 Å². The Morgan fingerprint density at radius 3 is 2.08 bits per heavy atom. The molecular weight excluding hydrogens is 482 g/mol. The maximum Gasteiger partial charge on any atom is 0.340 e. The van der Waals surface area contributed by atoms with Crippen molar-refractivity contribution in [2.75, 3.05) is 19.2 Å². The quantitative estimate of drug-likeness (QED) is 0.576. The lowest BCUT2D eigenvalue weighted by Crippen LogP contribution is -2.47. The number of benzene rings is 2. The summed E-state index contributed by atoms with van der Waals surface area (Å²) in [5.74, 6) is -1.81. The molecule has 2 aromatic carbocycles. The van der Waals surface area contributed by atoms with Gasteiger partial charge in [0.2, 0.25) is 0 Å². The first-order chi connectivity index (χ1) is 18.4. The molecule has 5 rings (SSSR count). The highest BCUT2D eigenvalue weighted by Gasteiger charge is 2.63. The van der Waals surface area contributed by atoms with Crippen LogP contribution in [0.5, 0.6) is 0 Å². The zero-order valence-electron chi connectivity index (χ0n) is 21.8. The van der Waals surface area contributed by atoms with Gasteiger partial charge in [0.1, 0.15) is 0 Å². The van der Waals surface area contributed by atoms with Crippen molar-refractivity contribution >= 4 is 34.8 Å². The monoisotopic (exact) mass is 513 g/mol. The van der Waals surface area contributed by atoms with Gasteiger partial charge in [-0.05, 0) is 37.5 Å². The van der Waals surface area contributed by atoms with E-state index < -0.39 is 17.4 Å². The SMILES string of the molecule is COC(=O)C1=C(NC2CCCCC2)C2(C(=O)N(c3ccccc3)N=C2C)C(c2ccccc2)=C1C(=O)OC. The van der Waals surface area contributed by atoms with Gasteiger partial charge in [-0.25, -0.2) is 9.59 Å². The smallest absolute Gasteiger partial charge is 0.340 e. The molecule has 1 heterocycles. The van der Waals surface area contributed by atoms with Gasteiger partial charge in [-0.15, -0.1) is 0 Å². The van der Waals surface area contributed by atoms with Gasteiger partial charge in [0.25, 0.3) is 5.91 Å². The highest BCUT2D eigenvalue weighted by molar-refractivity contribution is 6.34.